The molecule has 4 nitrogen and oxygen atoms in total. The van der Waals surface area contributed by atoms with Crippen molar-refractivity contribution >= 4 is 41.9 Å². The van der Waals surface area contributed by atoms with Crippen LogP contribution in [0.5, 0.6) is 0 Å². The normalized spacial score (nSPS) is 12.4. The maximum Gasteiger partial charge on any atom is 0.244 e. The lowest BCUT2D eigenvalue weighted by Crippen LogP contribution is -2.39. The van der Waals surface area contributed by atoms with Crippen LogP contribution >= 0.6 is 31.9 Å². The largest absolute Gasteiger partial charge is 0.383 e. The fraction of sp³-hybridized carbons (Fsp3) is 0.538. The first-order chi connectivity index (χ1) is 9.21. The Morgan fingerprint density at radius 2 is 1.85 bits per heavy atom. The summed E-state index contributed by atoms with van der Waals surface area (Å²) < 4.78 is 33.4. The van der Waals surface area contributed by atoms with Crippen LogP contribution in [0.1, 0.15) is 19.4 Å². The Kier molecular flexibility index (Phi) is 6.66. The Hall–Kier alpha value is 0.0500. The molecule has 0 aliphatic heterocycles. The molecule has 0 radical (unpaired) electrons. The van der Waals surface area contributed by atoms with Gasteiger partial charge >= 0.3 is 0 Å². The van der Waals surface area contributed by atoms with Gasteiger partial charge in [0.2, 0.25) is 10.0 Å². The number of hydrogen-bond donors (Lipinski definition) is 0. The van der Waals surface area contributed by atoms with Crippen LogP contribution in [0.2, 0.25) is 0 Å². The summed E-state index contributed by atoms with van der Waals surface area (Å²) in [6, 6.07) is 3.30. The second-order valence-corrected chi connectivity index (χ2v) is 8.30. The van der Waals surface area contributed by atoms with Gasteiger partial charge in [-0.25, -0.2) is 8.42 Å². The van der Waals surface area contributed by atoms with Crippen LogP contribution in [-0.4, -0.2) is 39.0 Å². The predicted octanol–water partition coefficient (Wildman–Crippen LogP) is 3.57. The third-order valence-electron chi connectivity index (χ3n) is 2.89. The lowest BCUT2D eigenvalue weighted by atomic mass is 10.2. The van der Waals surface area contributed by atoms with E-state index in [0.29, 0.717) is 17.6 Å². The van der Waals surface area contributed by atoms with Gasteiger partial charge in [0.25, 0.3) is 0 Å². The number of benzene rings is 1. The average molecular weight is 429 g/mol. The number of hydrogen-bond acceptors (Lipinski definition) is 3. The third kappa shape index (κ3) is 4.04. The zero-order valence-corrected chi connectivity index (χ0v) is 16.0. The van der Waals surface area contributed by atoms with Crippen LogP contribution in [0.25, 0.3) is 0 Å². The van der Waals surface area contributed by atoms with Gasteiger partial charge in [-0.05, 0) is 54.4 Å². The topological polar surface area (TPSA) is 46.6 Å². The maximum absolute atomic E-state index is 12.8. The maximum atomic E-state index is 12.8. The lowest BCUT2D eigenvalue weighted by Gasteiger charge is -2.26. The molecule has 0 aliphatic rings. The minimum atomic E-state index is -3.57. The van der Waals surface area contributed by atoms with E-state index in [9.17, 15) is 8.42 Å². The fourth-order valence-corrected chi connectivity index (χ4v) is 5.05. The van der Waals surface area contributed by atoms with Crippen LogP contribution in [0, 0.1) is 6.92 Å². The van der Waals surface area contributed by atoms with Gasteiger partial charge < -0.3 is 4.74 Å². The lowest BCUT2D eigenvalue weighted by molar-refractivity contribution is 0.171. The van der Waals surface area contributed by atoms with Crippen LogP contribution in [-0.2, 0) is 14.8 Å². The summed E-state index contributed by atoms with van der Waals surface area (Å²) in [5, 5.41) is 0. The van der Waals surface area contributed by atoms with Crippen molar-refractivity contribution in [1.82, 2.24) is 4.31 Å². The minimum absolute atomic E-state index is 0.137. The Balaban J connectivity index is 3.29. The summed E-state index contributed by atoms with van der Waals surface area (Å²) in [5.74, 6) is 0. The highest BCUT2D eigenvalue weighted by molar-refractivity contribution is 9.11. The molecule has 0 bridgehead atoms. The summed E-state index contributed by atoms with van der Waals surface area (Å²) in [4.78, 5) is 0.264. The van der Waals surface area contributed by atoms with E-state index in [0.717, 1.165) is 10.0 Å². The number of rotatable bonds is 6. The average Bonchev–Trinajstić information content (AvgIpc) is 2.33. The van der Waals surface area contributed by atoms with Crippen molar-refractivity contribution < 1.29 is 13.2 Å². The number of nitrogens with zero attached hydrogens (tertiary/aromatic N) is 1. The molecule has 0 heterocycles. The fourth-order valence-electron chi connectivity index (χ4n) is 1.79. The van der Waals surface area contributed by atoms with Crippen molar-refractivity contribution in [3.8, 4) is 0 Å². The number of ether oxygens (including phenoxy) is 1. The summed E-state index contributed by atoms with van der Waals surface area (Å²) in [6.45, 7) is 6.31. The van der Waals surface area contributed by atoms with Gasteiger partial charge in [0.1, 0.15) is 0 Å². The second kappa shape index (κ2) is 7.35. The molecule has 1 aromatic rings. The molecule has 7 heteroatoms. The molecule has 1 aromatic carbocycles. The first-order valence-corrected chi connectivity index (χ1v) is 9.20. The van der Waals surface area contributed by atoms with Crippen LogP contribution < -0.4 is 0 Å². The van der Waals surface area contributed by atoms with Gasteiger partial charge in [0.15, 0.2) is 0 Å². The molecular weight excluding hydrogens is 410 g/mol. The number of halogens is 2. The van der Waals surface area contributed by atoms with E-state index in [-0.39, 0.29) is 10.9 Å². The molecule has 0 N–H and O–H groups in total. The van der Waals surface area contributed by atoms with E-state index in [1.54, 1.807) is 19.2 Å². The SMILES string of the molecule is COCCN(C(C)C)S(=O)(=O)c1cc(Br)c(C)cc1Br. The molecule has 0 spiro atoms. The minimum Gasteiger partial charge on any atom is -0.383 e. The first-order valence-electron chi connectivity index (χ1n) is 6.18. The van der Waals surface area contributed by atoms with E-state index < -0.39 is 10.0 Å². The van der Waals surface area contributed by atoms with Crippen LogP contribution in [0.3, 0.4) is 0 Å². The summed E-state index contributed by atoms with van der Waals surface area (Å²) in [5.41, 5.74) is 0.976. The van der Waals surface area contributed by atoms with E-state index >= 15 is 0 Å². The van der Waals surface area contributed by atoms with Gasteiger partial charge in [0, 0.05) is 28.6 Å². The van der Waals surface area contributed by atoms with Gasteiger partial charge in [-0.3, -0.25) is 0 Å². The monoisotopic (exact) mass is 427 g/mol. The smallest absolute Gasteiger partial charge is 0.244 e. The van der Waals surface area contributed by atoms with Crippen LogP contribution in [0.15, 0.2) is 26.0 Å². The molecule has 0 saturated heterocycles. The van der Waals surface area contributed by atoms with E-state index in [1.807, 2.05) is 20.8 Å². The molecule has 0 atom stereocenters. The summed E-state index contributed by atoms with van der Waals surface area (Å²) in [6.07, 6.45) is 0. The molecule has 0 fully saturated rings. The number of aryl methyl sites for hydroxylation is 1. The van der Waals surface area contributed by atoms with Crippen LogP contribution in [0.4, 0.5) is 0 Å². The highest BCUT2D eigenvalue weighted by Crippen LogP contribution is 2.31. The zero-order valence-electron chi connectivity index (χ0n) is 12.0. The molecular formula is C13H19Br2NO3S. The van der Waals surface area contributed by atoms with Crippen molar-refractivity contribution in [3.05, 3.63) is 26.6 Å². The molecule has 20 heavy (non-hydrogen) atoms. The Labute approximate surface area is 137 Å². The molecule has 0 amide bonds. The summed E-state index contributed by atoms with van der Waals surface area (Å²) in [7, 11) is -2.01. The Morgan fingerprint density at radius 1 is 1.25 bits per heavy atom. The summed E-state index contributed by atoms with van der Waals surface area (Å²) >= 11 is 6.73. The van der Waals surface area contributed by atoms with Gasteiger partial charge in [0.05, 0.1) is 11.5 Å². The number of sulfonamides is 1. The third-order valence-corrected chi connectivity index (χ3v) is 6.78. The molecule has 0 saturated carbocycles. The van der Waals surface area contributed by atoms with E-state index in [2.05, 4.69) is 31.9 Å². The molecule has 1 rings (SSSR count). The van der Waals surface area contributed by atoms with Gasteiger partial charge in [-0.2, -0.15) is 4.31 Å². The second-order valence-electron chi connectivity index (χ2n) is 4.73. The predicted molar refractivity (Wildman–Crippen MR) is 87.5 cm³/mol. The highest BCUT2D eigenvalue weighted by Gasteiger charge is 2.29. The standard InChI is InChI=1S/C13H19Br2NO3S/c1-9(2)16(5-6-19-4)20(17,18)13-8-11(14)10(3)7-12(13)15/h7-9H,5-6H2,1-4H3. The van der Waals surface area contributed by atoms with E-state index in [1.165, 1.54) is 4.31 Å². The number of methoxy groups -OCH3 is 1. The van der Waals surface area contributed by atoms with E-state index in [4.69, 9.17) is 4.74 Å². The van der Waals surface area contributed by atoms with Gasteiger partial charge in [-0.1, -0.05) is 15.9 Å². The van der Waals surface area contributed by atoms with Crippen molar-refractivity contribution in [2.45, 2.75) is 31.7 Å². The first kappa shape index (κ1) is 18.1. The zero-order chi connectivity index (χ0) is 15.5. The Morgan fingerprint density at radius 3 is 2.35 bits per heavy atom. The molecule has 0 aliphatic carbocycles. The highest BCUT2D eigenvalue weighted by atomic mass is 79.9. The molecule has 0 aromatic heterocycles. The van der Waals surface area contributed by atoms with Gasteiger partial charge in [-0.15, -0.1) is 0 Å². The molecule has 0 unspecified atom stereocenters. The van der Waals surface area contributed by atoms with Crippen molar-refractivity contribution in [1.29, 1.82) is 0 Å². The van der Waals surface area contributed by atoms with Crippen molar-refractivity contribution in [2.24, 2.45) is 0 Å². The Bertz CT molecular complexity index is 573. The van der Waals surface area contributed by atoms with Crippen molar-refractivity contribution in [3.63, 3.8) is 0 Å². The quantitative estimate of drug-likeness (QED) is 0.695. The van der Waals surface area contributed by atoms with Crippen molar-refractivity contribution in [2.75, 3.05) is 20.3 Å². The molecule has 114 valence electrons.